The number of aliphatic imine (C=N–C) groups is 1. The molecule has 164 valence electrons. The highest BCUT2D eigenvalue weighted by Gasteiger charge is 2.27. The second-order valence-electron chi connectivity index (χ2n) is 6.55. The molecule has 0 unspecified atom stereocenters. The molecule has 0 aliphatic rings. The van der Waals surface area contributed by atoms with Gasteiger partial charge in [0, 0.05) is 20.6 Å². The minimum absolute atomic E-state index is 0. The summed E-state index contributed by atoms with van der Waals surface area (Å²) in [6.07, 6.45) is -4.35. The lowest BCUT2D eigenvalue weighted by atomic mass is 10.1. The molecule has 0 bridgehead atoms. The van der Waals surface area contributed by atoms with E-state index in [1.807, 2.05) is 13.0 Å². The fourth-order valence-corrected chi connectivity index (χ4v) is 2.00. The molecule has 1 aromatic carbocycles. The molecule has 0 aromatic heterocycles. The smallest absolute Gasteiger partial charge is 0.367 e. The first-order chi connectivity index (χ1) is 13.1. The second kappa shape index (κ2) is 13.4. The Labute approximate surface area is 186 Å². The molecule has 0 heterocycles. The molecule has 0 aliphatic heterocycles. The van der Waals surface area contributed by atoms with E-state index in [0.29, 0.717) is 18.1 Å². The predicted octanol–water partition coefficient (Wildman–Crippen LogP) is 3.08. The standard InChI is InChI=1S/C19H27F3N4O2.HI/c1-14(2)9-23-18(25-11-17(27)26(3)4)24-10-15-6-5-7-16(8-15)12-28-13-19(20,21)22;/h5-8H,1,9-13H2,2-4H3,(H2,23,24,25);1H. The Kier molecular flexibility index (Phi) is 12.6. The highest BCUT2D eigenvalue weighted by molar-refractivity contribution is 14.0. The molecule has 29 heavy (non-hydrogen) atoms. The highest BCUT2D eigenvalue weighted by Crippen LogP contribution is 2.16. The quantitative estimate of drug-likeness (QED) is 0.224. The molecule has 6 nitrogen and oxygen atoms in total. The van der Waals surface area contributed by atoms with Crippen LogP contribution >= 0.6 is 24.0 Å². The molecule has 0 saturated carbocycles. The summed E-state index contributed by atoms with van der Waals surface area (Å²) in [6, 6.07) is 6.98. The van der Waals surface area contributed by atoms with Crippen molar-refractivity contribution in [1.29, 1.82) is 0 Å². The number of amides is 1. The van der Waals surface area contributed by atoms with Crippen LogP contribution < -0.4 is 10.6 Å². The van der Waals surface area contributed by atoms with Crippen LogP contribution in [0.3, 0.4) is 0 Å². The summed E-state index contributed by atoms with van der Waals surface area (Å²) in [6.45, 7) is 5.12. The molecule has 1 aromatic rings. The largest absolute Gasteiger partial charge is 0.411 e. The topological polar surface area (TPSA) is 66.0 Å². The number of halogens is 4. The Bertz CT molecular complexity index is 694. The van der Waals surface area contributed by atoms with Crippen molar-refractivity contribution >= 4 is 35.8 Å². The van der Waals surface area contributed by atoms with Gasteiger partial charge in [-0.2, -0.15) is 13.2 Å². The van der Waals surface area contributed by atoms with E-state index in [0.717, 1.165) is 11.1 Å². The molecule has 0 radical (unpaired) electrons. The van der Waals surface area contributed by atoms with Crippen LogP contribution in [0.4, 0.5) is 13.2 Å². The third kappa shape index (κ3) is 13.1. The summed E-state index contributed by atoms with van der Waals surface area (Å²) in [5.74, 6) is 0.338. The van der Waals surface area contributed by atoms with Crippen LogP contribution in [0.5, 0.6) is 0 Å². The third-order valence-electron chi connectivity index (χ3n) is 3.41. The van der Waals surface area contributed by atoms with Crippen LogP contribution in [0.25, 0.3) is 0 Å². The monoisotopic (exact) mass is 528 g/mol. The number of nitrogens with zero attached hydrogens (tertiary/aromatic N) is 2. The first kappa shape index (κ1) is 27.2. The van der Waals surface area contributed by atoms with Crippen molar-refractivity contribution in [3.63, 3.8) is 0 Å². The van der Waals surface area contributed by atoms with Crippen molar-refractivity contribution in [1.82, 2.24) is 15.5 Å². The van der Waals surface area contributed by atoms with Crippen LogP contribution in [0.15, 0.2) is 41.4 Å². The molecule has 10 heteroatoms. The van der Waals surface area contributed by atoms with Crippen LogP contribution in [-0.4, -0.2) is 56.7 Å². The Morgan fingerprint density at radius 2 is 1.83 bits per heavy atom. The molecular weight excluding hydrogens is 500 g/mol. The van der Waals surface area contributed by atoms with Crippen molar-refractivity contribution in [2.45, 2.75) is 26.3 Å². The van der Waals surface area contributed by atoms with Crippen molar-refractivity contribution in [3.8, 4) is 0 Å². The maximum atomic E-state index is 12.2. The maximum Gasteiger partial charge on any atom is 0.411 e. The summed E-state index contributed by atoms with van der Waals surface area (Å²) in [7, 11) is 3.32. The number of hydrogen-bond donors (Lipinski definition) is 2. The number of guanidine groups is 1. The lowest BCUT2D eigenvalue weighted by molar-refractivity contribution is -0.176. The van der Waals surface area contributed by atoms with Crippen molar-refractivity contribution in [2.24, 2.45) is 4.99 Å². The van der Waals surface area contributed by atoms with Gasteiger partial charge in [-0.3, -0.25) is 4.79 Å². The number of rotatable bonds is 9. The van der Waals surface area contributed by atoms with Crippen LogP contribution in [0.2, 0.25) is 0 Å². The van der Waals surface area contributed by atoms with E-state index in [9.17, 15) is 18.0 Å². The Morgan fingerprint density at radius 1 is 1.21 bits per heavy atom. The van der Waals surface area contributed by atoms with E-state index in [1.165, 1.54) is 4.90 Å². The lowest BCUT2D eigenvalue weighted by Gasteiger charge is -2.15. The van der Waals surface area contributed by atoms with Crippen molar-refractivity contribution < 1.29 is 22.7 Å². The lowest BCUT2D eigenvalue weighted by Crippen LogP contribution is -2.43. The van der Waals surface area contributed by atoms with Gasteiger partial charge in [0.05, 0.1) is 19.7 Å². The second-order valence-corrected chi connectivity index (χ2v) is 6.55. The van der Waals surface area contributed by atoms with E-state index >= 15 is 0 Å². The van der Waals surface area contributed by atoms with E-state index in [4.69, 9.17) is 0 Å². The van der Waals surface area contributed by atoms with E-state index in [2.05, 4.69) is 26.9 Å². The maximum absolute atomic E-state index is 12.2. The van der Waals surface area contributed by atoms with Gasteiger partial charge in [-0.1, -0.05) is 36.4 Å². The van der Waals surface area contributed by atoms with Crippen molar-refractivity contribution in [2.75, 3.05) is 33.8 Å². The van der Waals surface area contributed by atoms with E-state index in [1.54, 1.807) is 32.3 Å². The molecule has 0 fully saturated rings. The summed E-state index contributed by atoms with van der Waals surface area (Å²) in [4.78, 5) is 17.6. The van der Waals surface area contributed by atoms with E-state index < -0.39 is 12.8 Å². The molecule has 1 rings (SSSR count). The zero-order valence-electron chi connectivity index (χ0n) is 16.8. The molecule has 0 saturated heterocycles. The molecule has 0 aliphatic carbocycles. The number of hydrogen-bond acceptors (Lipinski definition) is 3. The molecule has 0 spiro atoms. The van der Waals surface area contributed by atoms with Crippen LogP contribution in [-0.2, 0) is 22.7 Å². The van der Waals surface area contributed by atoms with Gasteiger partial charge >= 0.3 is 6.18 Å². The third-order valence-corrected chi connectivity index (χ3v) is 3.41. The van der Waals surface area contributed by atoms with Crippen molar-refractivity contribution in [3.05, 3.63) is 47.5 Å². The van der Waals surface area contributed by atoms with Gasteiger partial charge in [0.25, 0.3) is 0 Å². The molecule has 1 amide bonds. The number of benzene rings is 1. The number of alkyl halides is 3. The molecule has 2 N–H and O–H groups in total. The fraction of sp³-hybridized carbons (Fsp3) is 0.474. The summed E-state index contributed by atoms with van der Waals surface area (Å²) >= 11 is 0. The van der Waals surface area contributed by atoms with Gasteiger partial charge in [-0.05, 0) is 18.1 Å². The van der Waals surface area contributed by atoms with Gasteiger partial charge in [-0.15, -0.1) is 24.0 Å². The normalized spacial score (nSPS) is 11.4. The summed E-state index contributed by atoms with van der Waals surface area (Å²) in [5, 5.41) is 6.02. The van der Waals surface area contributed by atoms with Gasteiger partial charge < -0.3 is 20.3 Å². The Morgan fingerprint density at radius 3 is 2.41 bits per heavy atom. The number of nitrogens with one attached hydrogen (secondary N) is 2. The SMILES string of the molecule is C=C(C)CNC(=NCc1cccc(COCC(F)(F)F)c1)NCC(=O)N(C)C.I. The van der Waals surface area contributed by atoms with Crippen LogP contribution in [0.1, 0.15) is 18.1 Å². The van der Waals surface area contributed by atoms with Crippen LogP contribution in [0, 0.1) is 0 Å². The first-order valence-electron chi connectivity index (χ1n) is 8.66. The average molecular weight is 528 g/mol. The molecular formula is C19H28F3IN4O2. The van der Waals surface area contributed by atoms with Gasteiger partial charge in [-0.25, -0.2) is 4.99 Å². The predicted molar refractivity (Wildman–Crippen MR) is 118 cm³/mol. The number of likely N-dealkylation sites (N-methyl/N-ethyl adjacent to an activating group) is 1. The summed E-state index contributed by atoms with van der Waals surface area (Å²) in [5.41, 5.74) is 2.34. The fourth-order valence-electron chi connectivity index (χ4n) is 2.00. The van der Waals surface area contributed by atoms with E-state index in [-0.39, 0.29) is 49.6 Å². The number of ether oxygens (including phenoxy) is 1. The Hall–Kier alpha value is -1.82. The highest BCUT2D eigenvalue weighted by atomic mass is 127. The molecule has 0 atom stereocenters. The number of carbonyl (C=O) groups is 1. The zero-order chi connectivity index (χ0) is 21.2. The Balaban J connectivity index is 0.00000784. The van der Waals surface area contributed by atoms with Gasteiger partial charge in [0.1, 0.15) is 6.61 Å². The zero-order valence-corrected chi connectivity index (χ0v) is 19.1. The van der Waals surface area contributed by atoms with Gasteiger partial charge in [0.15, 0.2) is 5.96 Å². The minimum atomic E-state index is -4.35. The van der Waals surface area contributed by atoms with Gasteiger partial charge in [0.2, 0.25) is 5.91 Å². The first-order valence-corrected chi connectivity index (χ1v) is 8.66. The average Bonchev–Trinajstić information content (AvgIpc) is 2.59. The minimum Gasteiger partial charge on any atom is -0.367 e. The summed E-state index contributed by atoms with van der Waals surface area (Å²) < 4.78 is 41.2. The number of carbonyl (C=O) groups excluding carboxylic acids is 1.